The van der Waals surface area contributed by atoms with Gasteiger partial charge in [0.1, 0.15) is 11.5 Å². The number of aromatic nitrogens is 2. The Bertz CT molecular complexity index is 889. The van der Waals surface area contributed by atoms with Gasteiger partial charge in [0.05, 0.1) is 0 Å². The molecule has 0 aliphatic carbocycles. The van der Waals surface area contributed by atoms with E-state index in [1.807, 2.05) is 38.1 Å². The van der Waals surface area contributed by atoms with Crippen LogP contribution in [0.4, 0.5) is 11.6 Å². The molecule has 29 heavy (non-hydrogen) atoms. The lowest BCUT2D eigenvalue weighted by molar-refractivity contribution is -0.119. The predicted octanol–water partition coefficient (Wildman–Crippen LogP) is 2.72. The van der Waals surface area contributed by atoms with Crippen molar-refractivity contribution in [2.75, 3.05) is 23.8 Å². The van der Waals surface area contributed by atoms with Crippen molar-refractivity contribution in [2.24, 2.45) is 0 Å². The van der Waals surface area contributed by atoms with E-state index in [1.165, 1.54) is 0 Å². The zero-order valence-electron chi connectivity index (χ0n) is 16.0. The second-order valence-electron chi connectivity index (χ2n) is 6.26. The molecular formula is C20H20N4O5. The maximum atomic E-state index is 12.0. The van der Waals surface area contributed by atoms with Crippen molar-refractivity contribution in [1.82, 2.24) is 10.3 Å². The third kappa shape index (κ3) is 6.06. The van der Waals surface area contributed by atoms with E-state index >= 15 is 0 Å². The van der Waals surface area contributed by atoms with E-state index in [0.29, 0.717) is 11.5 Å². The summed E-state index contributed by atoms with van der Waals surface area (Å²) in [4.78, 5) is 24.1. The number of hydrogen-bond acceptors (Lipinski definition) is 7. The quantitative estimate of drug-likeness (QED) is 0.601. The van der Waals surface area contributed by atoms with E-state index in [-0.39, 0.29) is 24.8 Å². The first-order valence-corrected chi connectivity index (χ1v) is 8.81. The summed E-state index contributed by atoms with van der Waals surface area (Å²) in [6.45, 7) is 3.44. The smallest absolute Gasteiger partial charge is 0.263 e. The zero-order chi connectivity index (χ0) is 20.6. The van der Waals surface area contributed by atoms with Gasteiger partial charge >= 0.3 is 0 Å². The number of carbonyl (C=O) groups is 2. The molecule has 0 unspecified atom stereocenters. The van der Waals surface area contributed by atoms with Crippen molar-refractivity contribution >= 4 is 23.5 Å². The number of nitrogens with one attached hydrogen (secondary N) is 2. The fourth-order valence-corrected chi connectivity index (χ4v) is 2.26. The molecule has 2 N–H and O–H groups in total. The highest BCUT2D eigenvalue weighted by Crippen LogP contribution is 2.17. The second kappa shape index (κ2) is 9.36. The highest BCUT2D eigenvalue weighted by Gasteiger charge is 2.16. The average Bonchev–Trinajstić information content (AvgIpc) is 3.13. The summed E-state index contributed by atoms with van der Waals surface area (Å²) in [5.41, 5.74) is 2.17. The Hall–Kier alpha value is -3.88. The Morgan fingerprint density at radius 1 is 0.759 bits per heavy atom. The minimum Gasteiger partial charge on any atom is -0.484 e. The maximum absolute atomic E-state index is 12.0. The number of anilines is 2. The van der Waals surface area contributed by atoms with Gasteiger partial charge in [-0.3, -0.25) is 9.59 Å². The van der Waals surface area contributed by atoms with Gasteiger partial charge in [0.15, 0.2) is 13.2 Å². The van der Waals surface area contributed by atoms with E-state index < -0.39 is 11.8 Å². The average molecular weight is 396 g/mol. The van der Waals surface area contributed by atoms with Crippen LogP contribution in [0.5, 0.6) is 11.5 Å². The first-order chi connectivity index (χ1) is 14.0. The SMILES string of the molecule is Cc1ccc(OCC(=O)Nc2nonc2NC(=O)COc2ccc(C)cc2)cc1. The molecule has 9 nitrogen and oxygen atoms in total. The van der Waals surface area contributed by atoms with Gasteiger partial charge in [-0.2, -0.15) is 0 Å². The Labute approximate surface area is 167 Å². The van der Waals surface area contributed by atoms with Crippen molar-refractivity contribution in [2.45, 2.75) is 13.8 Å². The van der Waals surface area contributed by atoms with Crippen LogP contribution >= 0.6 is 0 Å². The molecule has 0 spiro atoms. The van der Waals surface area contributed by atoms with E-state index in [1.54, 1.807) is 24.3 Å². The second-order valence-corrected chi connectivity index (χ2v) is 6.26. The largest absolute Gasteiger partial charge is 0.484 e. The van der Waals surface area contributed by atoms with Crippen LogP contribution in [0, 0.1) is 13.8 Å². The first kappa shape index (κ1) is 19.9. The number of hydrogen-bond donors (Lipinski definition) is 2. The number of carbonyl (C=O) groups excluding carboxylic acids is 2. The molecular weight excluding hydrogens is 376 g/mol. The lowest BCUT2D eigenvalue weighted by Crippen LogP contribution is -2.23. The molecule has 0 atom stereocenters. The van der Waals surface area contributed by atoms with Gasteiger partial charge < -0.3 is 20.1 Å². The zero-order valence-corrected chi connectivity index (χ0v) is 16.0. The molecule has 1 aromatic heterocycles. The molecule has 0 fully saturated rings. The number of aryl methyl sites for hydroxylation is 2. The molecule has 150 valence electrons. The van der Waals surface area contributed by atoms with Crippen LogP contribution in [0.1, 0.15) is 11.1 Å². The molecule has 0 aliphatic heterocycles. The van der Waals surface area contributed by atoms with Gasteiger partial charge in [0.25, 0.3) is 11.8 Å². The fourth-order valence-electron chi connectivity index (χ4n) is 2.26. The topological polar surface area (TPSA) is 116 Å². The van der Waals surface area contributed by atoms with Crippen molar-refractivity contribution in [3.8, 4) is 11.5 Å². The first-order valence-electron chi connectivity index (χ1n) is 8.81. The Morgan fingerprint density at radius 3 is 1.52 bits per heavy atom. The highest BCUT2D eigenvalue weighted by atomic mass is 16.6. The van der Waals surface area contributed by atoms with E-state index in [4.69, 9.17) is 9.47 Å². The molecule has 1 heterocycles. The minimum absolute atomic E-state index is 0.0220. The Balaban J connectivity index is 1.47. The Kier molecular flexibility index (Phi) is 6.41. The van der Waals surface area contributed by atoms with Gasteiger partial charge in [0, 0.05) is 0 Å². The number of benzene rings is 2. The molecule has 0 saturated carbocycles. The molecule has 0 bridgehead atoms. The van der Waals surface area contributed by atoms with Crippen molar-refractivity contribution in [3.63, 3.8) is 0 Å². The number of ether oxygens (including phenoxy) is 2. The normalized spacial score (nSPS) is 10.3. The van der Waals surface area contributed by atoms with Crippen LogP contribution < -0.4 is 20.1 Å². The number of rotatable bonds is 8. The van der Waals surface area contributed by atoms with Gasteiger partial charge in [-0.15, -0.1) is 0 Å². The molecule has 9 heteroatoms. The van der Waals surface area contributed by atoms with Gasteiger partial charge in [-0.25, -0.2) is 4.63 Å². The van der Waals surface area contributed by atoms with Crippen molar-refractivity contribution < 1.29 is 23.7 Å². The van der Waals surface area contributed by atoms with Crippen LogP contribution in [-0.4, -0.2) is 35.3 Å². The van der Waals surface area contributed by atoms with Crippen LogP contribution in [-0.2, 0) is 9.59 Å². The fraction of sp³-hybridized carbons (Fsp3) is 0.200. The van der Waals surface area contributed by atoms with Crippen LogP contribution in [0.25, 0.3) is 0 Å². The van der Waals surface area contributed by atoms with Crippen molar-refractivity contribution in [3.05, 3.63) is 59.7 Å². The summed E-state index contributed by atoms with van der Waals surface area (Å²) >= 11 is 0. The minimum atomic E-state index is -0.479. The summed E-state index contributed by atoms with van der Waals surface area (Å²) in [6.07, 6.45) is 0. The summed E-state index contributed by atoms with van der Waals surface area (Å²) in [5, 5.41) is 12.1. The Morgan fingerprint density at radius 2 is 1.14 bits per heavy atom. The standard InChI is InChI=1S/C20H20N4O5/c1-13-3-7-15(8-4-13)27-11-17(25)21-19-20(24-29-23-19)22-18(26)12-28-16-9-5-14(2)6-10-16/h3-10H,11-12H2,1-2H3,(H,21,23,25)(H,22,24,26). The summed E-state index contributed by atoms with van der Waals surface area (Å²) < 4.78 is 15.4. The third-order valence-corrected chi connectivity index (χ3v) is 3.79. The van der Waals surface area contributed by atoms with Crippen LogP contribution in [0.3, 0.4) is 0 Å². The lowest BCUT2D eigenvalue weighted by atomic mass is 10.2. The van der Waals surface area contributed by atoms with Gasteiger partial charge in [0.2, 0.25) is 11.6 Å². The summed E-state index contributed by atoms with van der Waals surface area (Å²) in [7, 11) is 0. The van der Waals surface area contributed by atoms with Crippen LogP contribution in [0.15, 0.2) is 53.2 Å². The monoisotopic (exact) mass is 396 g/mol. The predicted molar refractivity (Wildman–Crippen MR) is 105 cm³/mol. The third-order valence-electron chi connectivity index (χ3n) is 3.79. The molecule has 0 aliphatic rings. The van der Waals surface area contributed by atoms with E-state index in [0.717, 1.165) is 11.1 Å². The highest BCUT2D eigenvalue weighted by molar-refractivity contribution is 5.98. The molecule has 2 amide bonds. The summed E-state index contributed by atoms with van der Waals surface area (Å²) in [6, 6.07) is 14.6. The maximum Gasteiger partial charge on any atom is 0.263 e. The van der Waals surface area contributed by atoms with Crippen LogP contribution in [0.2, 0.25) is 0 Å². The van der Waals surface area contributed by atoms with E-state index in [9.17, 15) is 9.59 Å². The molecule has 0 saturated heterocycles. The van der Waals surface area contributed by atoms with E-state index in [2.05, 4.69) is 25.6 Å². The molecule has 0 radical (unpaired) electrons. The number of amides is 2. The molecule has 3 aromatic rings. The number of nitrogens with zero attached hydrogens (tertiary/aromatic N) is 2. The molecule has 2 aromatic carbocycles. The summed E-state index contributed by atoms with van der Waals surface area (Å²) in [5.74, 6) is 0.120. The lowest BCUT2D eigenvalue weighted by Gasteiger charge is -2.08. The van der Waals surface area contributed by atoms with Gasteiger partial charge in [-0.1, -0.05) is 35.4 Å². The molecule has 3 rings (SSSR count). The van der Waals surface area contributed by atoms with Crippen molar-refractivity contribution in [1.29, 1.82) is 0 Å². The van der Waals surface area contributed by atoms with Gasteiger partial charge in [-0.05, 0) is 48.4 Å².